The highest BCUT2D eigenvalue weighted by molar-refractivity contribution is 7.80. The molecule has 13 heteroatoms. The zero-order chi connectivity index (χ0) is 26.3. The van der Waals surface area contributed by atoms with Crippen LogP contribution in [0, 0.1) is 10.1 Å². The smallest absolute Gasteiger partial charge is 0.355 e. The minimum Gasteiger partial charge on any atom is -0.456 e. The van der Waals surface area contributed by atoms with Gasteiger partial charge in [0.1, 0.15) is 12.3 Å². The first kappa shape index (κ1) is 24.9. The van der Waals surface area contributed by atoms with E-state index in [1.165, 1.54) is 50.2 Å². The van der Waals surface area contributed by atoms with Gasteiger partial charge in [-0.05, 0) is 49.2 Å². The molecule has 2 aromatic carbocycles. The lowest BCUT2D eigenvalue weighted by molar-refractivity contribution is -0.384. The third-order valence-corrected chi connectivity index (χ3v) is 6.63. The van der Waals surface area contributed by atoms with Gasteiger partial charge < -0.3 is 9.29 Å². The van der Waals surface area contributed by atoms with Gasteiger partial charge in [0.05, 0.1) is 16.1 Å². The minimum atomic E-state index is -2.74. The molecule has 3 amide bonds. The second-order valence-corrected chi connectivity index (χ2v) is 9.23. The van der Waals surface area contributed by atoms with Crippen LogP contribution in [0.25, 0.3) is 0 Å². The fourth-order valence-corrected chi connectivity index (χ4v) is 4.91. The van der Waals surface area contributed by atoms with Gasteiger partial charge >= 0.3 is 5.97 Å². The maximum absolute atomic E-state index is 13.2. The molecule has 2 aliphatic rings. The van der Waals surface area contributed by atoms with Crippen LogP contribution in [0.3, 0.4) is 0 Å². The molecule has 1 saturated heterocycles. The van der Waals surface area contributed by atoms with Crippen molar-refractivity contribution in [2.45, 2.75) is 31.9 Å². The Labute approximate surface area is 206 Å². The number of benzene rings is 2. The van der Waals surface area contributed by atoms with E-state index in [0.29, 0.717) is 10.5 Å². The van der Waals surface area contributed by atoms with Gasteiger partial charge in [-0.25, -0.2) is 9.00 Å². The Kier molecular flexibility index (Phi) is 6.52. The number of hydrogen-bond donors (Lipinski definition) is 1. The lowest BCUT2D eigenvalue weighted by Gasteiger charge is -2.47. The molecule has 0 aromatic heterocycles. The van der Waals surface area contributed by atoms with Crippen LogP contribution >= 0.6 is 0 Å². The topological polar surface area (TPSA) is 164 Å². The number of allylic oxidation sites excluding steroid dienone is 1. The van der Waals surface area contributed by atoms with Gasteiger partial charge in [-0.15, -0.1) is 0 Å². The molecule has 2 aliphatic heterocycles. The Morgan fingerprint density at radius 3 is 2.08 bits per heavy atom. The van der Waals surface area contributed by atoms with Crippen molar-refractivity contribution >= 4 is 40.5 Å². The number of ether oxygens (including phenoxy) is 1. The summed E-state index contributed by atoms with van der Waals surface area (Å²) in [4.78, 5) is 63.3. The van der Waals surface area contributed by atoms with Crippen LogP contribution in [-0.2, 0) is 32.0 Å². The normalized spacial score (nSPS) is 19.5. The number of amides is 3. The Hall–Kier alpha value is -4.23. The van der Waals surface area contributed by atoms with Gasteiger partial charge in [0.25, 0.3) is 23.4 Å². The number of non-ortho nitro benzene ring substituents is 1. The molecule has 3 atom stereocenters. The molecular weight excluding hydrogens is 494 g/mol. The predicted octanol–water partition coefficient (Wildman–Crippen LogP) is 1.99. The second-order valence-electron chi connectivity index (χ2n) is 8.19. The summed E-state index contributed by atoms with van der Waals surface area (Å²) in [6, 6.07) is 9.61. The zero-order valence-corrected chi connectivity index (χ0v) is 19.8. The number of likely N-dealkylation sites (tertiary alicyclic amines) is 1. The molecule has 0 aliphatic carbocycles. The molecule has 186 valence electrons. The molecule has 36 heavy (non-hydrogen) atoms. The van der Waals surface area contributed by atoms with Crippen molar-refractivity contribution in [1.29, 1.82) is 0 Å². The summed E-state index contributed by atoms with van der Waals surface area (Å²) in [5.41, 5.74) is 0.412. The molecule has 4 rings (SSSR count). The van der Waals surface area contributed by atoms with Crippen molar-refractivity contribution in [3.8, 4) is 0 Å². The molecule has 2 aromatic rings. The Morgan fingerprint density at radius 2 is 1.61 bits per heavy atom. The second kappa shape index (κ2) is 9.43. The van der Waals surface area contributed by atoms with Crippen molar-refractivity contribution in [3.63, 3.8) is 0 Å². The van der Waals surface area contributed by atoms with Crippen molar-refractivity contribution in [2.75, 3.05) is 0 Å². The van der Waals surface area contributed by atoms with Crippen LogP contribution in [0.2, 0.25) is 0 Å². The Morgan fingerprint density at radius 1 is 1.06 bits per heavy atom. The predicted molar refractivity (Wildman–Crippen MR) is 123 cm³/mol. The van der Waals surface area contributed by atoms with E-state index in [9.17, 15) is 38.1 Å². The summed E-state index contributed by atoms with van der Waals surface area (Å²) in [6.07, 6.45) is 0. The molecule has 1 N–H and O–H groups in total. The molecule has 0 saturated carbocycles. The standard InChI is InChI=1S/C23H19N3O9S/c1-12(2)17(23(30)35-11-13-7-9-14(10-8-13)26(31)32)25-21(29)18(22(25)36(33)34)24-19(27)15-5-3-4-6-16(15)20(24)28/h3-10,18,22H,11H2,1-2H3,(H,33,34). The van der Waals surface area contributed by atoms with E-state index in [0.717, 1.165) is 4.90 Å². The highest BCUT2D eigenvalue weighted by atomic mass is 32.2. The number of nitro groups is 1. The molecule has 0 spiro atoms. The number of fused-ring (bicyclic) bond motifs is 1. The zero-order valence-electron chi connectivity index (χ0n) is 18.9. The van der Waals surface area contributed by atoms with Crippen molar-refractivity contribution in [1.82, 2.24) is 9.80 Å². The number of rotatable bonds is 7. The summed E-state index contributed by atoms with van der Waals surface area (Å²) in [5, 5.41) is 9.20. The van der Waals surface area contributed by atoms with E-state index in [4.69, 9.17) is 4.74 Å². The monoisotopic (exact) mass is 513 g/mol. The maximum atomic E-state index is 13.2. The average Bonchev–Trinajstić information content (AvgIpc) is 3.08. The number of imide groups is 1. The lowest BCUT2D eigenvalue weighted by atomic mass is 10.0. The molecular formula is C23H19N3O9S. The number of nitro benzene ring substituents is 1. The fourth-order valence-electron chi connectivity index (χ4n) is 4.06. The van der Waals surface area contributed by atoms with Crippen LogP contribution in [0.5, 0.6) is 0 Å². The van der Waals surface area contributed by atoms with Crippen LogP contribution in [-0.4, -0.2) is 58.6 Å². The SMILES string of the molecule is CC(C)=C(C(=O)OCc1ccc([N+](=O)[O-])cc1)N1C(=O)C(N2C(=O)c3ccccc3C2=O)C1S(=O)O. The van der Waals surface area contributed by atoms with E-state index in [1.807, 2.05) is 0 Å². The summed E-state index contributed by atoms with van der Waals surface area (Å²) >= 11 is -2.74. The first-order chi connectivity index (χ1) is 17.0. The van der Waals surface area contributed by atoms with Crippen LogP contribution in [0.4, 0.5) is 5.69 Å². The van der Waals surface area contributed by atoms with Crippen LogP contribution in [0.15, 0.2) is 59.8 Å². The average molecular weight is 513 g/mol. The van der Waals surface area contributed by atoms with Crippen molar-refractivity contribution in [3.05, 3.63) is 86.6 Å². The van der Waals surface area contributed by atoms with Gasteiger partial charge in [0.15, 0.2) is 22.5 Å². The van der Waals surface area contributed by atoms with Gasteiger partial charge in [0.2, 0.25) is 0 Å². The summed E-state index contributed by atoms with van der Waals surface area (Å²) < 4.78 is 27.5. The lowest BCUT2D eigenvalue weighted by Crippen LogP contribution is -2.72. The number of β-lactam (4-membered cyclic amide) rings is 1. The van der Waals surface area contributed by atoms with Gasteiger partial charge in [-0.1, -0.05) is 12.1 Å². The van der Waals surface area contributed by atoms with E-state index in [1.54, 1.807) is 12.1 Å². The van der Waals surface area contributed by atoms with E-state index >= 15 is 0 Å². The summed E-state index contributed by atoms with van der Waals surface area (Å²) in [6.45, 7) is 2.69. The maximum Gasteiger partial charge on any atom is 0.355 e. The first-order valence-corrected chi connectivity index (χ1v) is 11.7. The third kappa shape index (κ3) is 4.07. The molecule has 0 bridgehead atoms. The molecule has 3 unspecified atom stereocenters. The van der Waals surface area contributed by atoms with Crippen molar-refractivity contribution < 1.29 is 37.6 Å². The summed E-state index contributed by atoms with van der Waals surface area (Å²) in [5.74, 6) is -3.43. The Balaban J connectivity index is 1.56. The van der Waals surface area contributed by atoms with Crippen molar-refractivity contribution in [2.24, 2.45) is 0 Å². The highest BCUT2D eigenvalue weighted by Gasteiger charge is 2.61. The number of nitrogens with zero attached hydrogens (tertiary/aromatic N) is 3. The van der Waals surface area contributed by atoms with E-state index in [2.05, 4.69) is 0 Å². The minimum absolute atomic E-state index is 0.0705. The van der Waals surface area contributed by atoms with Crippen LogP contribution < -0.4 is 0 Å². The fraction of sp³-hybridized carbons (Fsp3) is 0.217. The summed E-state index contributed by atoms with van der Waals surface area (Å²) in [7, 11) is 0. The molecule has 1 fully saturated rings. The largest absolute Gasteiger partial charge is 0.456 e. The number of esters is 1. The van der Waals surface area contributed by atoms with Gasteiger partial charge in [0, 0.05) is 12.1 Å². The highest BCUT2D eigenvalue weighted by Crippen LogP contribution is 2.37. The van der Waals surface area contributed by atoms with Gasteiger partial charge in [-0.2, -0.15) is 0 Å². The van der Waals surface area contributed by atoms with Gasteiger partial charge in [-0.3, -0.25) is 34.3 Å². The first-order valence-electron chi connectivity index (χ1n) is 10.5. The number of carbonyl (C=O) groups is 4. The number of hydrogen-bond acceptors (Lipinski definition) is 8. The molecule has 2 heterocycles. The molecule has 0 radical (unpaired) electrons. The van der Waals surface area contributed by atoms with Crippen LogP contribution in [0.1, 0.15) is 40.1 Å². The van der Waals surface area contributed by atoms with E-state index in [-0.39, 0.29) is 34.7 Å². The number of carbonyl (C=O) groups excluding carboxylic acids is 4. The van der Waals surface area contributed by atoms with E-state index < -0.39 is 51.1 Å². The Bertz CT molecular complexity index is 1330. The third-order valence-electron chi connectivity index (χ3n) is 5.75. The quantitative estimate of drug-likeness (QED) is 0.111. The molecule has 12 nitrogen and oxygen atoms in total.